The number of allylic oxidation sites excluding steroid dienone is 1. The van der Waals surface area contributed by atoms with Crippen molar-refractivity contribution in [2.75, 3.05) is 13.1 Å². The van der Waals surface area contributed by atoms with Gasteiger partial charge in [0.25, 0.3) is 0 Å². The fraction of sp³-hybridized carbons (Fsp3) is 0.625. The van der Waals surface area contributed by atoms with E-state index in [2.05, 4.69) is 0 Å². The largest absolute Gasteiger partial charge is 0.477 e. The maximum absolute atomic E-state index is 10.6. The van der Waals surface area contributed by atoms with E-state index < -0.39 is 5.97 Å². The Kier molecular flexibility index (Phi) is 4.74. The van der Waals surface area contributed by atoms with Crippen LogP contribution >= 0.6 is 12.4 Å². The van der Waals surface area contributed by atoms with Gasteiger partial charge in [0.15, 0.2) is 0 Å². The van der Waals surface area contributed by atoms with Gasteiger partial charge >= 0.3 is 5.97 Å². The van der Waals surface area contributed by atoms with Gasteiger partial charge < -0.3 is 10.0 Å². The molecule has 1 rings (SSSR count). The molecule has 1 N–H and O–H groups in total. The van der Waals surface area contributed by atoms with E-state index >= 15 is 0 Å². The van der Waals surface area contributed by atoms with E-state index in [-0.39, 0.29) is 12.4 Å². The lowest BCUT2D eigenvalue weighted by atomic mass is 10.3. The van der Waals surface area contributed by atoms with Gasteiger partial charge in [-0.2, -0.15) is 0 Å². The number of hydrogen-bond acceptors (Lipinski definition) is 2. The van der Waals surface area contributed by atoms with E-state index in [1.165, 1.54) is 0 Å². The minimum atomic E-state index is -0.811. The monoisotopic (exact) mass is 191 g/mol. The Hall–Kier alpha value is -0.700. The summed E-state index contributed by atoms with van der Waals surface area (Å²) in [5.74, 6) is -0.811. The molecule has 3 nitrogen and oxygen atoms in total. The standard InChI is InChI=1S/C8H13NO2.ClH/c1-2-7(8(10)11)9-5-3-4-6-9;/h2H,3-6H2,1H3,(H,10,11);1H. The number of aliphatic carboxylic acids is 1. The molecule has 1 heterocycles. The molecule has 0 aromatic heterocycles. The van der Waals surface area contributed by atoms with Crippen LogP contribution in [0.2, 0.25) is 0 Å². The molecule has 0 aliphatic carbocycles. The van der Waals surface area contributed by atoms with Crippen molar-refractivity contribution < 1.29 is 9.90 Å². The van der Waals surface area contributed by atoms with Crippen LogP contribution in [0.3, 0.4) is 0 Å². The average molecular weight is 192 g/mol. The predicted molar refractivity (Wildman–Crippen MR) is 49.4 cm³/mol. The van der Waals surface area contributed by atoms with Gasteiger partial charge in [-0.05, 0) is 19.8 Å². The average Bonchev–Trinajstić information content (AvgIpc) is 2.40. The van der Waals surface area contributed by atoms with E-state index in [1.807, 2.05) is 4.90 Å². The molecule has 4 heteroatoms. The molecule has 1 fully saturated rings. The minimum absolute atomic E-state index is 0. The van der Waals surface area contributed by atoms with Crippen molar-refractivity contribution in [3.05, 3.63) is 11.8 Å². The zero-order valence-corrected chi connectivity index (χ0v) is 7.93. The van der Waals surface area contributed by atoms with Gasteiger partial charge in [-0.3, -0.25) is 0 Å². The number of likely N-dealkylation sites (tertiary alicyclic amines) is 1. The Morgan fingerprint density at radius 2 is 1.92 bits per heavy atom. The van der Waals surface area contributed by atoms with Gasteiger partial charge in [0.1, 0.15) is 5.70 Å². The van der Waals surface area contributed by atoms with Crippen molar-refractivity contribution >= 4 is 18.4 Å². The third-order valence-corrected chi connectivity index (χ3v) is 1.94. The van der Waals surface area contributed by atoms with Gasteiger partial charge in [-0.1, -0.05) is 6.08 Å². The number of halogens is 1. The zero-order chi connectivity index (χ0) is 8.27. The van der Waals surface area contributed by atoms with E-state index in [4.69, 9.17) is 5.11 Å². The molecule has 0 radical (unpaired) electrons. The quantitative estimate of drug-likeness (QED) is 0.673. The summed E-state index contributed by atoms with van der Waals surface area (Å²) >= 11 is 0. The summed E-state index contributed by atoms with van der Waals surface area (Å²) in [4.78, 5) is 12.5. The van der Waals surface area contributed by atoms with Crippen LogP contribution in [0.1, 0.15) is 19.8 Å². The minimum Gasteiger partial charge on any atom is -0.477 e. The van der Waals surface area contributed by atoms with Gasteiger partial charge in [0.2, 0.25) is 0 Å². The first-order chi connectivity index (χ1) is 5.25. The summed E-state index contributed by atoms with van der Waals surface area (Å²) in [6.07, 6.45) is 3.89. The molecule has 0 saturated carbocycles. The Labute approximate surface area is 78.5 Å². The first-order valence-electron chi connectivity index (χ1n) is 3.90. The van der Waals surface area contributed by atoms with Crippen LogP contribution in [0.5, 0.6) is 0 Å². The molecule has 0 aromatic carbocycles. The molecule has 1 aliphatic heterocycles. The van der Waals surface area contributed by atoms with Gasteiger partial charge in [0.05, 0.1) is 0 Å². The molecule has 12 heavy (non-hydrogen) atoms. The number of carboxylic acids is 1. The van der Waals surface area contributed by atoms with Crippen LogP contribution in [-0.4, -0.2) is 29.1 Å². The molecule has 0 amide bonds. The predicted octanol–water partition coefficient (Wildman–Crippen LogP) is 1.49. The summed E-state index contributed by atoms with van der Waals surface area (Å²) in [7, 11) is 0. The highest BCUT2D eigenvalue weighted by atomic mass is 35.5. The van der Waals surface area contributed by atoms with Crippen molar-refractivity contribution in [1.82, 2.24) is 4.90 Å². The molecule has 0 atom stereocenters. The van der Waals surface area contributed by atoms with Gasteiger partial charge in [-0.15, -0.1) is 12.4 Å². The molecular formula is C8H14ClNO2. The number of hydrogen-bond donors (Lipinski definition) is 1. The molecule has 0 unspecified atom stereocenters. The first-order valence-corrected chi connectivity index (χ1v) is 3.90. The fourth-order valence-corrected chi connectivity index (χ4v) is 1.40. The maximum atomic E-state index is 10.6. The zero-order valence-electron chi connectivity index (χ0n) is 7.12. The second-order valence-electron chi connectivity index (χ2n) is 2.67. The van der Waals surface area contributed by atoms with E-state index in [9.17, 15) is 4.79 Å². The van der Waals surface area contributed by atoms with Gasteiger partial charge in [0, 0.05) is 13.1 Å². The number of carboxylic acid groups (broad SMARTS) is 1. The summed E-state index contributed by atoms with van der Waals surface area (Å²) in [5.41, 5.74) is 0.447. The molecule has 1 aliphatic rings. The van der Waals surface area contributed by atoms with Crippen LogP contribution < -0.4 is 0 Å². The molecular weight excluding hydrogens is 178 g/mol. The smallest absolute Gasteiger partial charge is 0.351 e. The third kappa shape index (κ3) is 2.41. The lowest BCUT2D eigenvalue weighted by Gasteiger charge is -2.16. The van der Waals surface area contributed by atoms with Crippen molar-refractivity contribution in [1.29, 1.82) is 0 Å². The first kappa shape index (κ1) is 11.3. The third-order valence-electron chi connectivity index (χ3n) is 1.94. The molecule has 70 valence electrons. The molecule has 1 saturated heterocycles. The second-order valence-corrected chi connectivity index (χ2v) is 2.67. The lowest BCUT2D eigenvalue weighted by Crippen LogP contribution is -2.23. The van der Waals surface area contributed by atoms with Crippen molar-refractivity contribution in [3.8, 4) is 0 Å². The molecule has 0 spiro atoms. The highest BCUT2D eigenvalue weighted by molar-refractivity contribution is 5.85. The normalized spacial score (nSPS) is 17.4. The number of carbonyl (C=O) groups is 1. The topological polar surface area (TPSA) is 40.5 Å². The number of nitrogens with zero attached hydrogens (tertiary/aromatic N) is 1. The van der Waals surface area contributed by atoms with Crippen LogP contribution in [0.4, 0.5) is 0 Å². The fourth-order valence-electron chi connectivity index (χ4n) is 1.40. The van der Waals surface area contributed by atoms with Crippen molar-refractivity contribution in [3.63, 3.8) is 0 Å². The lowest BCUT2D eigenvalue weighted by molar-refractivity contribution is -0.134. The number of rotatable bonds is 2. The molecule has 0 bridgehead atoms. The summed E-state index contributed by atoms with van der Waals surface area (Å²) in [6.45, 7) is 3.56. The van der Waals surface area contributed by atoms with Crippen LogP contribution in [0.25, 0.3) is 0 Å². The van der Waals surface area contributed by atoms with E-state index in [1.54, 1.807) is 13.0 Å². The Morgan fingerprint density at radius 3 is 2.25 bits per heavy atom. The van der Waals surface area contributed by atoms with Crippen molar-refractivity contribution in [2.24, 2.45) is 0 Å². The SMILES string of the molecule is CC=C(C(=O)O)N1CCCC1.Cl. The highest BCUT2D eigenvalue weighted by Gasteiger charge is 2.18. The van der Waals surface area contributed by atoms with Crippen LogP contribution in [-0.2, 0) is 4.79 Å². The summed E-state index contributed by atoms with van der Waals surface area (Å²) in [6, 6.07) is 0. The Balaban J connectivity index is 0.00000121. The van der Waals surface area contributed by atoms with Crippen LogP contribution in [0.15, 0.2) is 11.8 Å². The Bertz CT molecular complexity index is 185. The van der Waals surface area contributed by atoms with E-state index in [0.29, 0.717) is 5.70 Å². The van der Waals surface area contributed by atoms with Gasteiger partial charge in [-0.25, -0.2) is 4.79 Å². The summed E-state index contributed by atoms with van der Waals surface area (Å²) < 4.78 is 0. The Morgan fingerprint density at radius 1 is 1.42 bits per heavy atom. The maximum Gasteiger partial charge on any atom is 0.351 e. The second kappa shape index (κ2) is 5.04. The summed E-state index contributed by atoms with van der Waals surface area (Å²) in [5, 5.41) is 8.72. The highest BCUT2D eigenvalue weighted by Crippen LogP contribution is 2.14. The van der Waals surface area contributed by atoms with Crippen LogP contribution in [0, 0.1) is 0 Å². The van der Waals surface area contributed by atoms with E-state index in [0.717, 1.165) is 25.9 Å². The van der Waals surface area contributed by atoms with Crippen molar-refractivity contribution in [2.45, 2.75) is 19.8 Å². The molecule has 0 aromatic rings.